The van der Waals surface area contributed by atoms with Crippen molar-refractivity contribution >= 4 is 5.91 Å². The molecule has 0 atom stereocenters. The van der Waals surface area contributed by atoms with E-state index in [0.29, 0.717) is 12.6 Å². The highest BCUT2D eigenvalue weighted by atomic mass is 16.2. The monoisotopic (exact) mass is 247 g/mol. The lowest BCUT2D eigenvalue weighted by Crippen LogP contribution is -2.40. The maximum Gasteiger partial charge on any atom is 0.254 e. The summed E-state index contributed by atoms with van der Waals surface area (Å²) in [5.41, 5.74) is 6.30. The highest BCUT2D eigenvalue weighted by molar-refractivity contribution is 5.94. The van der Waals surface area contributed by atoms with Crippen LogP contribution in [0.4, 0.5) is 0 Å². The molecule has 4 heteroatoms. The first-order chi connectivity index (χ1) is 8.83. The largest absolute Gasteiger partial charge is 0.336 e. The average molecular weight is 247 g/mol. The minimum Gasteiger partial charge on any atom is -0.336 e. The van der Waals surface area contributed by atoms with Gasteiger partial charge in [-0.05, 0) is 37.9 Å². The molecular weight excluding hydrogens is 226 g/mol. The van der Waals surface area contributed by atoms with E-state index in [1.54, 1.807) is 24.5 Å². The van der Waals surface area contributed by atoms with Crippen LogP contribution < -0.4 is 5.73 Å². The summed E-state index contributed by atoms with van der Waals surface area (Å²) in [6.07, 6.45) is 8.92. The molecule has 0 unspecified atom stereocenters. The Hall–Kier alpha value is -1.42. The first kappa shape index (κ1) is 13.0. The van der Waals surface area contributed by atoms with Gasteiger partial charge in [-0.2, -0.15) is 0 Å². The summed E-state index contributed by atoms with van der Waals surface area (Å²) in [6.45, 7) is 1.40. The molecule has 0 spiro atoms. The molecule has 0 radical (unpaired) electrons. The second kappa shape index (κ2) is 6.50. The summed E-state index contributed by atoms with van der Waals surface area (Å²) < 4.78 is 0. The van der Waals surface area contributed by atoms with Crippen molar-refractivity contribution in [3.63, 3.8) is 0 Å². The Kier molecular flexibility index (Phi) is 4.70. The van der Waals surface area contributed by atoms with Gasteiger partial charge in [0.15, 0.2) is 0 Å². The molecule has 4 nitrogen and oxygen atoms in total. The Labute approximate surface area is 108 Å². The van der Waals surface area contributed by atoms with Crippen molar-refractivity contribution in [2.75, 3.05) is 13.1 Å². The molecule has 1 aromatic rings. The SMILES string of the molecule is NCCCN(C(=O)c1ccncc1)C1CCCC1. The fraction of sp³-hybridized carbons (Fsp3) is 0.571. The molecule has 0 bridgehead atoms. The van der Waals surface area contributed by atoms with Gasteiger partial charge in [-0.3, -0.25) is 9.78 Å². The summed E-state index contributed by atoms with van der Waals surface area (Å²) >= 11 is 0. The molecule has 2 rings (SSSR count). The third-order valence-electron chi connectivity index (χ3n) is 3.56. The highest BCUT2D eigenvalue weighted by Gasteiger charge is 2.26. The number of hydrogen-bond donors (Lipinski definition) is 1. The van der Waals surface area contributed by atoms with Crippen LogP contribution in [0.2, 0.25) is 0 Å². The topological polar surface area (TPSA) is 59.2 Å². The summed E-state index contributed by atoms with van der Waals surface area (Å²) in [6, 6.07) is 3.97. The molecule has 0 saturated heterocycles. The lowest BCUT2D eigenvalue weighted by atomic mass is 10.1. The van der Waals surface area contributed by atoms with Gasteiger partial charge in [-0.15, -0.1) is 0 Å². The van der Waals surface area contributed by atoms with Gasteiger partial charge in [0, 0.05) is 30.5 Å². The zero-order valence-corrected chi connectivity index (χ0v) is 10.7. The van der Waals surface area contributed by atoms with Crippen molar-refractivity contribution in [1.29, 1.82) is 0 Å². The molecule has 1 amide bonds. The average Bonchev–Trinajstić information content (AvgIpc) is 2.94. The van der Waals surface area contributed by atoms with E-state index < -0.39 is 0 Å². The van der Waals surface area contributed by atoms with Crippen LogP contribution in [0, 0.1) is 0 Å². The van der Waals surface area contributed by atoms with E-state index >= 15 is 0 Å². The number of rotatable bonds is 5. The van der Waals surface area contributed by atoms with Gasteiger partial charge in [0.25, 0.3) is 5.91 Å². The zero-order chi connectivity index (χ0) is 12.8. The number of aromatic nitrogens is 1. The Bertz CT molecular complexity index is 374. The molecule has 1 saturated carbocycles. The van der Waals surface area contributed by atoms with E-state index in [1.807, 2.05) is 4.90 Å². The van der Waals surface area contributed by atoms with Crippen LogP contribution >= 0.6 is 0 Å². The maximum absolute atomic E-state index is 12.5. The molecular formula is C14H21N3O. The van der Waals surface area contributed by atoms with Crippen LogP contribution in [0.3, 0.4) is 0 Å². The molecule has 1 fully saturated rings. The lowest BCUT2D eigenvalue weighted by molar-refractivity contribution is 0.0680. The van der Waals surface area contributed by atoms with Gasteiger partial charge < -0.3 is 10.6 Å². The molecule has 1 aromatic heterocycles. The molecule has 0 aliphatic heterocycles. The van der Waals surface area contributed by atoms with Crippen molar-refractivity contribution < 1.29 is 4.79 Å². The van der Waals surface area contributed by atoms with E-state index in [4.69, 9.17) is 5.73 Å². The number of nitrogens with two attached hydrogens (primary N) is 1. The fourth-order valence-electron chi connectivity index (χ4n) is 2.59. The number of carbonyl (C=O) groups is 1. The molecule has 98 valence electrons. The van der Waals surface area contributed by atoms with Crippen LogP contribution in [0.5, 0.6) is 0 Å². The van der Waals surface area contributed by atoms with E-state index in [1.165, 1.54) is 12.8 Å². The van der Waals surface area contributed by atoms with Gasteiger partial charge in [-0.1, -0.05) is 12.8 Å². The number of carbonyl (C=O) groups excluding carboxylic acids is 1. The van der Waals surface area contributed by atoms with Crippen molar-refractivity contribution in [2.24, 2.45) is 5.73 Å². The summed E-state index contributed by atoms with van der Waals surface area (Å²) in [4.78, 5) is 18.5. The van der Waals surface area contributed by atoms with Crippen molar-refractivity contribution in [2.45, 2.75) is 38.1 Å². The molecule has 0 aromatic carbocycles. The molecule has 18 heavy (non-hydrogen) atoms. The number of pyridine rings is 1. The molecule has 1 heterocycles. The van der Waals surface area contributed by atoms with Crippen molar-refractivity contribution in [3.8, 4) is 0 Å². The van der Waals surface area contributed by atoms with Crippen molar-refractivity contribution in [3.05, 3.63) is 30.1 Å². The highest BCUT2D eigenvalue weighted by Crippen LogP contribution is 2.25. The zero-order valence-electron chi connectivity index (χ0n) is 10.7. The van der Waals surface area contributed by atoms with E-state index in [9.17, 15) is 4.79 Å². The predicted octanol–water partition coefficient (Wildman–Crippen LogP) is 1.82. The summed E-state index contributed by atoms with van der Waals surface area (Å²) in [7, 11) is 0. The second-order valence-corrected chi connectivity index (χ2v) is 4.81. The van der Waals surface area contributed by atoms with E-state index in [-0.39, 0.29) is 5.91 Å². The van der Waals surface area contributed by atoms with Gasteiger partial charge in [0.05, 0.1) is 0 Å². The van der Waals surface area contributed by atoms with Crippen LogP contribution in [0.1, 0.15) is 42.5 Å². The Morgan fingerprint density at radius 3 is 2.61 bits per heavy atom. The Morgan fingerprint density at radius 1 is 1.33 bits per heavy atom. The third-order valence-corrected chi connectivity index (χ3v) is 3.56. The van der Waals surface area contributed by atoms with E-state index in [2.05, 4.69) is 4.98 Å². The maximum atomic E-state index is 12.5. The smallest absolute Gasteiger partial charge is 0.254 e. The minimum atomic E-state index is 0.123. The van der Waals surface area contributed by atoms with Gasteiger partial charge >= 0.3 is 0 Å². The number of hydrogen-bond acceptors (Lipinski definition) is 3. The first-order valence-electron chi connectivity index (χ1n) is 6.74. The van der Waals surface area contributed by atoms with E-state index in [0.717, 1.165) is 31.4 Å². The third kappa shape index (κ3) is 3.07. The van der Waals surface area contributed by atoms with Crippen LogP contribution in [-0.2, 0) is 0 Å². The number of nitrogens with zero attached hydrogens (tertiary/aromatic N) is 2. The summed E-state index contributed by atoms with van der Waals surface area (Å²) in [5.74, 6) is 0.123. The molecule has 1 aliphatic carbocycles. The second-order valence-electron chi connectivity index (χ2n) is 4.81. The predicted molar refractivity (Wildman–Crippen MR) is 71.2 cm³/mol. The fourth-order valence-corrected chi connectivity index (χ4v) is 2.59. The Morgan fingerprint density at radius 2 is 2.00 bits per heavy atom. The molecule has 1 aliphatic rings. The molecule has 2 N–H and O–H groups in total. The van der Waals surface area contributed by atoms with Crippen LogP contribution in [0.25, 0.3) is 0 Å². The Balaban J connectivity index is 2.09. The van der Waals surface area contributed by atoms with Crippen molar-refractivity contribution in [1.82, 2.24) is 9.88 Å². The number of amides is 1. The van der Waals surface area contributed by atoms with Gasteiger partial charge in [0.2, 0.25) is 0 Å². The standard InChI is InChI=1S/C14H21N3O/c15-8-3-11-17(13-4-1-2-5-13)14(18)12-6-9-16-10-7-12/h6-7,9-10,13H,1-5,8,11,15H2. The normalized spacial score (nSPS) is 15.8. The quantitative estimate of drug-likeness (QED) is 0.863. The first-order valence-corrected chi connectivity index (χ1v) is 6.74. The van der Waals surface area contributed by atoms with Gasteiger partial charge in [-0.25, -0.2) is 0 Å². The summed E-state index contributed by atoms with van der Waals surface area (Å²) in [5, 5.41) is 0. The van der Waals surface area contributed by atoms with Crippen LogP contribution in [-0.4, -0.2) is 34.9 Å². The van der Waals surface area contributed by atoms with Gasteiger partial charge in [0.1, 0.15) is 0 Å². The minimum absolute atomic E-state index is 0.123. The van der Waals surface area contributed by atoms with Crippen LogP contribution in [0.15, 0.2) is 24.5 Å². The lowest BCUT2D eigenvalue weighted by Gasteiger charge is -2.29.